The summed E-state index contributed by atoms with van der Waals surface area (Å²) < 4.78 is 0. The number of rotatable bonds is 6. The Morgan fingerprint density at radius 3 is 2.05 bits per heavy atom. The molecule has 0 bridgehead atoms. The lowest BCUT2D eigenvalue weighted by molar-refractivity contribution is 0.301. The molecule has 21 heavy (non-hydrogen) atoms. The summed E-state index contributed by atoms with van der Waals surface area (Å²) in [7, 11) is 0. The van der Waals surface area contributed by atoms with Gasteiger partial charge in [-0.1, -0.05) is 20.8 Å². The molecule has 0 unspecified atom stereocenters. The smallest absolute Gasteiger partial charge is 0.231 e. The topological polar surface area (TPSA) is 53.9 Å². The van der Waals surface area contributed by atoms with Crippen LogP contribution < -0.4 is 10.2 Å². The average Bonchev–Trinajstić information content (AvgIpc) is 2.25. The van der Waals surface area contributed by atoms with Crippen molar-refractivity contribution >= 4 is 23.5 Å². The number of hydrogen-bond donors (Lipinski definition) is 1. The normalized spacial score (nSPS) is 12.4. The number of nitrogens with zero attached hydrogens (tertiary/aromatic N) is 4. The van der Waals surface area contributed by atoms with Crippen molar-refractivity contribution in [3.8, 4) is 0 Å². The summed E-state index contributed by atoms with van der Waals surface area (Å²) in [6.45, 7) is 16.8. The van der Waals surface area contributed by atoms with E-state index < -0.39 is 0 Å². The molecule has 6 heteroatoms. The highest BCUT2D eigenvalue weighted by molar-refractivity contribution is 6.28. The Balaban J connectivity index is 2.98. The van der Waals surface area contributed by atoms with Crippen LogP contribution in [0.25, 0.3) is 0 Å². The molecule has 0 spiro atoms. The zero-order valence-corrected chi connectivity index (χ0v) is 15.0. The second kappa shape index (κ2) is 6.77. The van der Waals surface area contributed by atoms with Crippen molar-refractivity contribution in [1.29, 1.82) is 0 Å². The molecule has 0 amide bonds. The fraction of sp³-hybridized carbons (Fsp3) is 0.800. The van der Waals surface area contributed by atoms with E-state index in [2.05, 4.69) is 73.6 Å². The zero-order valence-electron chi connectivity index (χ0n) is 14.3. The van der Waals surface area contributed by atoms with E-state index in [-0.39, 0.29) is 16.2 Å². The summed E-state index contributed by atoms with van der Waals surface area (Å²) >= 11 is 6.04. The number of hydrogen-bond acceptors (Lipinski definition) is 5. The van der Waals surface area contributed by atoms with Gasteiger partial charge in [-0.2, -0.15) is 15.0 Å². The molecule has 0 saturated carbocycles. The predicted octanol–water partition coefficient (Wildman–Crippen LogP) is 4.00. The third-order valence-electron chi connectivity index (χ3n) is 3.07. The number of nitrogens with one attached hydrogen (secondary N) is 1. The number of halogens is 1. The van der Waals surface area contributed by atoms with Crippen LogP contribution in [0.5, 0.6) is 0 Å². The van der Waals surface area contributed by atoms with E-state index in [1.807, 2.05) is 0 Å². The summed E-state index contributed by atoms with van der Waals surface area (Å²) in [5.41, 5.74) is 0.0957. The number of anilines is 2. The summed E-state index contributed by atoms with van der Waals surface area (Å²) in [4.78, 5) is 15.0. The zero-order chi connectivity index (χ0) is 16.3. The molecule has 0 aliphatic heterocycles. The fourth-order valence-electron chi connectivity index (χ4n) is 2.72. The van der Waals surface area contributed by atoms with Gasteiger partial charge in [0.05, 0.1) is 0 Å². The Kier molecular flexibility index (Phi) is 5.79. The van der Waals surface area contributed by atoms with E-state index in [0.29, 0.717) is 11.9 Å². The van der Waals surface area contributed by atoms with Gasteiger partial charge in [0, 0.05) is 18.6 Å². The van der Waals surface area contributed by atoms with Crippen LogP contribution in [0.3, 0.4) is 0 Å². The third kappa shape index (κ3) is 6.04. The standard InChI is InChI=1S/C15H28ClN5/c1-8-21(9-2)13-18-11(16)17-12(19-13)20-15(6,7)10-14(3,4)5/h8-10H2,1-7H3,(H,17,18,19,20). The van der Waals surface area contributed by atoms with Gasteiger partial charge in [0.15, 0.2) is 0 Å². The first-order chi connectivity index (χ1) is 9.56. The van der Waals surface area contributed by atoms with Crippen molar-refractivity contribution in [3.63, 3.8) is 0 Å². The molecule has 0 fully saturated rings. The van der Waals surface area contributed by atoms with Crippen LogP contribution in [0.2, 0.25) is 5.28 Å². The first-order valence-electron chi connectivity index (χ1n) is 7.51. The minimum atomic E-state index is -0.122. The van der Waals surface area contributed by atoms with Crippen molar-refractivity contribution in [2.75, 3.05) is 23.3 Å². The molecule has 1 N–H and O–H groups in total. The maximum absolute atomic E-state index is 6.04. The highest BCUT2D eigenvalue weighted by atomic mass is 35.5. The Morgan fingerprint density at radius 2 is 1.57 bits per heavy atom. The molecular weight excluding hydrogens is 286 g/mol. The molecule has 0 aromatic carbocycles. The largest absolute Gasteiger partial charge is 0.349 e. The molecule has 1 aromatic rings. The van der Waals surface area contributed by atoms with E-state index in [1.165, 1.54) is 0 Å². The van der Waals surface area contributed by atoms with Gasteiger partial charge in [-0.3, -0.25) is 0 Å². The summed E-state index contributed by atoms with van der Waals surface area (Å²) in [5.74, 6) is 1.15. The van der Waals surface area contributed by atoms with Crippen molar-refractivity contribution in [2.45, 2.75) is 60.4 Å². The molecule has 0 saturated heterocycles. The Labute approximate surface area is 133 Å². The van der Waals surface area contributed by atoms with Gasteiger partial charge in [0.2, 0.25) is 17.2 Å². The summed E-state index contributed by atoms with van der Waals surface area (Å²) in [6, 6.07) is 0. The lowest BCUT2D eigenvalue weighted by Crippen LogP contribution is -2.36. The molecule has 0 radical (unpaired) electrons. The molecule has 0 aliphatic rings. The Morgan fingerprint density at radius 1 is 1.00 bits per heavy atom. The van der Waals surface area contributed by atoms with Crippen molar-refractivity contribution < 1.29 is 0 Å². The second-order valence-electron chi connectivity index (χ2n) is 7.15. The predicted molar refractivity (Wildman–Crippen MR) is 90.2 cm³/mol. The average molecular weight is 314 g/mol. The molecule has 1 rings (SSSR count). The van der Waals surface area contributed by atoms with Crippen LogP contribution in [0, 0.1) is 5.41 Å². The van der Waals surface area contributed by atoms with Gasteiger partial charge < -0.3 is 10.2 Å². The Hall–Kier alpha value is -1.10. The second-order valence-corrected chi connectivity index (χ2v) is 7.48. The van der Waals surface area contributed by atoms with Crippen LogP contribution in [-0.2, 0) is 0 Å². The lowest BCUT2D eigenvalue weighted by atomic mass is 9.82. The van der Waals surface area contributed by atoms with Crippen LogP contribution in [0.4, 0.5) is 11.9 Å². The van der Waals surface area contributed by atoms with Crippen molar-refractivity contribution in [2.24, 2.45) is 5.41 Å². The van der Waals surface area contributed by atoms with E-state index in [0.717, 1.165) is 19.5 Å². The lowest BCUT2D eigenvalue weighted by Gasteiger charge is -2.33. The summed E-state index contributed by atoms with van der Waals surface area (Å²) in [6.07, 6.45) is 0.990. The van der Waals surface area contributed by atoms with E-state index in [1.54, 1.807) is 0 Å². The van der Waals surface area contributed by atoms with Gasteiger partial charge in [-0.05, 0) is 51.1 Å². The highest BCUT2D eigenvalue weighted by Crippen LogP contribution is 2.29. The summed E-state index contributed by atoms with van der Waals surface area (Å²) in [5, 5.41) is 3.61. The van der Waals surface area contributed by atoms with Crippen molar-refractivity contribution in [3.05, 3.63) is 5.28 Å². The quantitative estimate of drug-likeness (QED) is 0.860. The first-order valence-corrected chi connectivity index (χ1v) is 7.89. The van der Waals surface area contributed by atoms with Crippen LogP contribution in [-0.4, -0.2) is 33.6 Å². The third-order valence-corrected chi connectivity index (χ3v) is 3.23. The van der Waals surface area contributed by atoms with Gasteiger partial charge in [-0.25, -0.2) is 0 Å². The first kappa shape index (κ1) is 18.0. The van der Waals surface area contributed by atoms with E-state index in [4.69, 9.17) is 11.6 Å². The highest BCUT2D eigenvalue weighted by Gasteiger charge is 2.26. The molecule has 120 valence electrons. The maximum Gasteiger partial charge on any atom is 0.231 e. The maximum atomic E-state index is 6.04. The van der Waals surface area contributed by atoms with Gasteiger partial charge in [0.25, 0.3) is 0 Å². The van der Waals surface area contributed by atoms with Gasteiger partial charge in [0.1, 0.15) is 0 Å². The Bertz CT molecular complexity index is 464. The van der Waals surface area contributed by atoms with Crippen molar-refractivity contribution in [1.82, 2.24) is 15.0 Å². The molecule has 0 aliphatic carbocycles. The van der Waals surface area contributed by atoms with Gasteiger partial charge >= 0.3 is 0 Å². The van der Waals surface area contributed by atoms with Crippen LogP contribution in [0.15, 0.2) is 0 Å². The van der Waals surface area contributed by atoms with Crippen LogP contribution in [0.1, 0.15) is 54.9 Å². The molecule has 1 aromatic heterocycles. The molecule has 1 heterocycles. The molecule has 0 atom stereocenters. The van der Waals surface area contributed by atoms with Crippen LogP contribution >= 0.6 is 11.6 Å². The minimum Gasteiger partial charge on any atom is -0.349 e. The van der Waals surface area contributed by atoms with E-state index >= 15 is 0 Å². The van der Waals surface area contributed by atoms with Gasteiger partial charge in [-0.15, -0.1) is 0 Å². The monoisotopic (exact) mass is 313 g/mol. The molecular formula is C15H28ClN5. The molecule has 5 nitrogen and oxygen atoms in total. The van der Waals surface area contributed by atoms with E-state index in [9.17, 15) is 0 Å². The number of aromatic nitrogens is 3. The fourth-order valence-corrected chi connectivity index (χ4v) is 2.87. The minimum absolute atomic E-state index is 0.122. The SMILES string of the molecule is CCN(CC)c1nc(Cl)nc(NC(C)(C)CC(C)(C)C)n1.